The zero-order chi connectivity index (χ0) is 32.7. The number of H-pyrrole nitrogens is 1. The van der Waals surface area contributed by atoms with Crippen LogP contribution in [0.2, 0.25) is 0 Å². The molecule has 0 aliphatic carbocycles. The van der Waals surface area contributed by atoms with Crippen LogP contribution in [0.15, 0.2) is 109 Å². The molecule has 5 rings (SSSR count). The average molecular weight is 627 g/mol. The minimum absolute atomic E-state index is 0.111. The van der Waals surface area contributed by atoms with Gasteiger partial charge in [0.1, 0.15) is 6.54 Å². The molecule has 0 spiro atoms. The fourth-order valence-electron chi connectivity index (χ4n) is 5.44. The Morgan fingerprint density at radius 1 is 0.739 bits per heavy atom. The highest BCUT2D eigenvalue weighted by molar-refractivity contribution is 5.96. The molecular formula is C37H37F3N4O2. The summed E-state index contributed by atoms with van der Waals surface area (Å²) in [5.41, 5.74) is 3.96. The minimum Gasteiger partial charge on any atom is -0.378 e. The largest absolute Gasteiger partial charge is 0.416 e. The van der Waals surface area contributed by atoms with E-state index < -0.39 is 17.6 Å². The SMILES string of the molecule is CN(C)c1ccc(CN(CCc2c[nH]c3ccccc23)C(=O)CN(CCc2ccccc2)C(=O)c2cccc(C(F)(F)F)c2)cc1. The normalized spacial score (nSPS) is 11.4. The monoisotopic (exact) mass is 626 g/mol. The topological polar surface area (TPSA) is 59.7 Å². The summed E-state index contributed by atoms with van der Waals surface area (Å²) in [7, 11) is 3.91. The molecular weight excluding hydrogens is 589 g/mol. The second-order valence-corrected chi connectivity index (χ2v) is 11.5. The Bertz CT molecular complexity index is 1770. The van der Waals surface area contributed by atoms with Gasteiger partial charge in [-0.1, -0.05) is 66.7 Å². The predicted molar refractivity (Wildman–Crippen MR) is 176 cm³/mol. The molecule has 0 fully saturated rings. The Labute approximate surface area is 267 Å². The Morgan fingerprint density at radius 3 is 2.15 bits per heavy atom. The molecule has 1 heterocycles. The van der Waals surface area contributed by atoms with Gasteiger partial charge in [0.05, 0.1) is 5.56 Å². The molecule has 5 aromatic rings. The van der Waals surface area contributed by atoms with Crippen molar-refractivity contribution in [3.05, 3.63) is 137 Å². The molecule has 1 N–H and O–H groups in total. The van der Waals surface area contributed by atoms with E-state index >= 15 is 0 Å². The first-order valence-electron chi connectivity index (χ1n) is 15.2. The van der Waals surface area contributed by atoms with Crippen LogP contribution in [-0.4, -0.2) is 60.3 Å². The number of hydrogen-bond donors (Lipinski definition) is 1. The van der Waals surface area contributed by atoms with Crippen molar-refractivity contribution >= 4 is 28.4 Å². The molecule has 46 heavy (non-hydrogen) atoms. The summed E-state index contributed by atoms with van der Waals surface area (Å²) in [6, 6.07) is 29.7. The van der Waals surface area contributed by atoms with Crippen LogP contribution < -0.4 is 4.90 Å². The third-order valence-corrected chi connectivity index (χ3v) is 8.07. The molecule has 0 radical (unpaired) electrons. The smallest absolute Gasteiger partial charge is 0.378 e. The van der Waals surface area contributed by atoms with E-state index in [0.717, 1.165) is 45.4 Å². The fourth-order valence-corrected chi connectivity index (χ4v) is 5.44. The molecule has 0 saturated heterocycles. The second-order valence-electron chi connectivity index (χ2n) is 11.5. The van der Waals surface area contributed by atoms with Gasteiger partial charge in [0.2, 0.25) is 5.91 Å². The number of aromatic amines is 1. The first-order valence-corrected chi connectivity index (χ1v) is 15.2. The summed E-state index contributed by atoms with van der Waals surface area (Å²) in [6.07, 6.45) is -1.62. The van der Waals surface area contributed by atoms with Crippen LogP contribution in [0.25, 0.3) is 10.9 Å². The first kappa shape index (κ1) is 32.3. The molecule has 6 nitrogen and oxygen atoms in total. The number of nitrogens with zero attached hydrogens (tertiary/aromatic N) is 3. The van der Waals surface area contributed by atoms with E-state index in [1.807, 2.05) is 104 Å². The standard InChI is InChI=1S/C37H37F3N4O2/c1-42(2)32-17-15-28(16-18-32)25-43(22-20-30-24-41-34-14-7-6-13-33(30)34)35(45)26-44(21-19-27-9-4-3-5-10-27)36(46)29-11-8-12-31(23-29)37(38,39)40/h3-18,23-24,41H,19-22,25-26H2,1-2H3. The second kappa shape index (κ2) is 14.4. The van der Waals surface area contributed by atoms with Gasteiger partial charge in [-0.2, -0.15) is 13.2 Å². The molecule has 1 aromatic heterocycles. The number of aromatic nitrogens is 1. The van der Waals surface area contributed by atoms with E-state index in [4.69, 9.17) is 0 Å². The predicted octanol–water partition coefficient (Wildman–Crippen LogP) is 7.21. The average Bonchev–Trinajstić information content (AvgIpc) is 3.48. The third kappa shape index (κ3) is 8.15. The van der Waals surface area contributed by atoms with Gasteiger partial charge < -0.3 is 19.7 Å². The first-order chi connectivity index (χ1) is 22.1. The molecule has 4 aromatic carbocycles. The number of para-hydroxylation sites is 1. The van der Waals surface area contributed by atoms with Crippen molar-refractivity contribution < 1.29 is 22.8 Å². The van der Waals surface area contributed by atoms with Crippen LogP contribution in [0.4, 0.5) is 18.9 Å². The van der Waals surface area contributed by atoms with Gasteiger partial charge in [0, 0.05) is 62.1 Å². The Balaban J connectivity index is 1.41. The van der Waals surface area contributed by atoms with Crippen molar-refractivity contribution in [2.24, 2.45) is 0 Å². The number of nitrogens with one attached hydrogen (secondary N) is 1. The summed E-state index contributed by atoms with van der Waals surface area (Å²) in [5.74, 6) is -0.910. The van der Waals surface area contributed by atoms with E-state index in [9.17, 15) is 22.8 Å². The molecule has 0 saturated carbocycles. The lowest BCUT2D eigenvalue weighted by molar-refractivity contribution is -0.137. The van der Waals surface area contributed by atoms with E-state index in [-0.39, 0.29) is 24.6 Å². The van der Waals surface area contributed by atoms with Gasteiger partial charge in [-0.15, -0.1) is 0 Å². The van der Waals surface area contributed by atoms with Crippen LogP contribution in [0.1, 0.15) is 32.6 Å². The maximum Gasteiger partial charge on any atom is 0.416 e. The lowest BCUT2D eigenvalue weighted by atomic mass is 10.1. The summed E-state index contributed by atoms with van der Waals surface area (Å²) in [4.78, 5) is 36.2. The molecule has 0 aliphatic rings. The molecule has 0 bridgehead atoms. The summed E-state index contributed by atoms with van der Waals surface area (Å²) in [6.45, 7) is 0.601. The van der Waals surface area contributed by atoms with Crippen molar-refractivity contribution in [1.29, 1.82) is 0 Å². The number of halogens is 3. The lowest BCUT2D eigenvalue weighted by Crippen LogP contribution is -2.44. The van der Waals surface area contributed by atoms with Crippen LogP contribution in [0.5, 0.6) is 0 Å². The Morgan fingerprint density at radius 2 is 1.43 bits per heavy atom. The molecule has 0 aliphatic heterocycles. The zero-order valence-corrected chi connectivity index (χ0v) is 25.9. The minimum atomic E-state index is -4.59. The third-order valence-electron chi connectivity index (χ3n) is 8.07. The molecule has 2 amide bonds. The molecule has 9 heteroatoms. The van der Waals surface area contributed by atoms with Crippen molar-refractivity contribution in [2.75, 3.05) is 38.6 Å². The Kier molecular flexibility index (Phi) is 10.1. The number of carbonyl (C=O) groups is 2. The lowest BCUT2D eigenvalue weighted by Gasteiger charge is -2.28. The van der Waals surface area contributed by atoms with Gasteiger partial charge >= 0.3 is 6.18 Å². The zero-order valence-electron chi connectivity index (χ0n) is 25.9. The maximum atomic E-state index is 14.1. The maximum absolute atomic E-state index is 14.1. The summed E-state index contributed by atoms with van der Waals surface area (Å²) in [5, 5.41) is 1.08. The number of hydrogen-bond acceptors (Lipinski definition) is 3. The number of amides is 2. The van der Waals surface area contributed by atoms with Crippen LogP contribution in [0.3, 0.4) is 0 Å². The van der Waals surface area contributed by atoms with E-state index in [2.05, 4.69) is 4.98 Å². The highest BCUT2D eigenvalue weighted by atomic mass is 19.4. The van der Waals surface area contributed by atoms with Gasteiger partial charge in [0.25, 0.3) is 5.91 Å². The number of carbonyl (C=O) groups excluding carboxylic acids is 2. The van der Waals surface area contributed by atoms with Gasteiger partial charge in [-0.3, -0.25) is 9.59 Å². The van der Waals surface area contributed by atoms with E-state index in [0.29, 0.717) is 25.9 Å². The molecule has 0 unspecified atom stereocenters. The van der Waals surface area contributed by atoms with Crippen molar-refractivity contribution in [1.82, 2.24) is 14.8 Å². The van der Waals surface area contributed by atoms with Crippen molar-refractivity contribution in [2.45, 2.75) is 25.6 Å². The number of alkyl halides is 3. The van der Waals surface area contributed by atoms with Gasteiger partial charge in [0.15, 0.2) is 0 Å². The van der Waals surface area contributed by atoms with Crippen LogP contribution in [0, 0.1) is 0 Å². The van der Waals surface area contributed by atoms with Gasteiger partial charge in [-0.05, 0) is 65.9 Å². The highest BCUT2D eigenvalue weighted by Gasteiger charge is 2.32. The van der Waals surface area contributed by atoms with Crippen LogP contribution in [-0.2, 0) is 30.4 Å². The van der Waals surface area contributed by atoms with Crippen LogP contribution >= 0.6 is 0 Å². The summed E-state index contributed by atoms with van der Waals surface area (Å²) < 4.78 is 40.5. The molecule has 238 valence electrons. The number of benzene rings is 4. The molecule has 0 atom stereocenters. The Hall–Kier alpha value is -5.05. The van der Waals surface area contributed by atoms with E-state index in [1.165, 1.54) is 17.0 Å². The number of rotatable bonds is 12. The van der Waals surface area contributed by atoms with Gasteiger partial charge in [-0.25, -0.2) is 0 Å². The number of anilines is 1. The quantitative estimate of drug-likeness (QED) is 0.159. The number of fused-ring (bicyclic) bond motifs is 1. The fraction of sp³-hybridized carbons (Fsp3) is 0.243. The summed E-state index contributed by atoms with van der Waals surface area (Å²) >= 11 is 0. The van der Waals surface area contributed by atoms with Crippen molar-refractivity contribution in [3.8, 4) is 0 Å². The van der Waals surface area contributed by atoms with Crippen molar-refractivity contribution in [3.63, 3.8) is 0 Å². The highest BCUT2D eigenvalue weighted by Crippen LogP contribution is 2.30. The van der Waals surface area contributed by atoms with E-state index in [1.54, 1.807) is 4.90 Å².